The highest BCUT2D eigenvalue weighted by atomic mass is 15.3. The fourth-order valence-electron chi connectivity index (χ4n) is 1.88. The van der Waals surface area contributed by atoms with E-state index in [-0.39, 0.29) is 5.71 Å². The summed E-state index contributed by atoms with van der Waals surface area (Å²) in [5, 5.41) is 20.9. The molecule has 0 aliphatic heterocycles. The second-order valence-corrected chi connectivity index (χ2v) is 4.33. The van der Waals surface area contributed by atoms with Gasteiger partial charge >= 0.3 is 0 Å². The van der Waals surface area contributed by atoms with Crippen molar-refractivity contribution in [2.75, 3.05) is 5.43 Å². The molecule has 1 aromatic carbocycles. The first-order chi connectivity index (χ1) is 10.8. The number of rotatable bonds is 3. The minimum atomic E-state index is -0.226. The number of nitriles is 2. The monoisotopic (exact) mass is 287 g/mol. The third kappa shape index (κ3) is 2.60. The Morgan fingerprint density at radius 3 is 2.64 bits per heavy atom. The minimum absolute atomic E-state index is 0.226. The summed E-state index contributed by atoms with van der Waals surface area (Å²) in [5.74, 6) is 0.636. The smallest absolute Gasteiger partial charge is 0.237 e. The number of nitrogens with one attached hydrogen (secondary N) is 1. The maximum Gasteiger partial charge on any atom is 0.237 e. The van der Waals surface area contributed by atoms with Gasteiger partial charge in [0.05, 0.1) is 11.4 Å². The summed E-state index contributed by atoms with van der Waals surface area (Å²) >= 11 is 0. The molecule has 0 amide bonds. The highest BCUT2D eigenvalue weighted by Gasteiger charge is 2.04. The number of hydrogen-bond donors (Lipinski definition) is 1. The summed E-state index contributed by atoms with van der Waals surface area (Å²) in [4.78, 5) is 8.60. The molecular weight excluding hydrogens is 278 g/mol. The normalized spacial score (nSPS) is 9.73. The second kappa shape index (κ2) is 5.73. The number of fused-ring (bicyclic) bond motifs is 1. The van der Waals surface area contributed by atoms with Gasteiger partial charge in [0.25, 0.3) is 0 Å². The Hall–Kier alpha value is -3.71. The number of anilines is 1. The molecule has 0 radical (unpaired) electrons. The maximum atomic E-state index is 8.61. The van der Waals surface area contributed by atoms with Crippen LogP contribution < -0.4 is 5.43 Å². The lowest BCUT2D eigenvalue weighted by Crippen LogP contribution is -1.96. The van der Waals surface area contributed by atoms with Crippen LogP contribution in [0.4, 0.5) is 5.69 Å². The number of aromatic nitrogens is 3. The molecule has 3 aromatic rings. The van der Waals surface area contributed by atoms with Crippen LogP contribution in [-0.2, 0) is 0 Å². The quantitative estimate of drug-likeness (QED) is 0.587. The fourth-order valence-corrected chi connectivity index (χ4v) is 1.88. The Morgan fingerprint density at radius 1 is 1.18 bits per heavy atom. The van der Waals surface area contributed by atoms with E-state index in [0.29, 0.717) is 11.5 Å². The third-order valence-electron chi connectivity index (χ3n) is 2.92. The molecule has 0 spiro atoms. The van der Waals surface area contributed by atoms with Crippen LogP contribution in [0.15, 0.2) is 54.0 Å². The van der Waals surface area contributed by atoms with E-state index in [2.05, 4.69) is 20.5 Å². The van der Waals surface area contributed by atoms with Crippen LogP contribution in [0.2, 0.25) is 0 Å². The molecule has 0 aliphatic carbocycles. The predicted octanol–water partition coefficient (Wildman–Crippen LogP) is 2.21. The molecule has 3 rings (SSSR count). The molecule has 0 aliphatic rings. The number of hydrogen-bond acceptors (Lipinski definition) is 6. The fraction of sp³-hybridized carbons (Fsp3) is 0. The molecule has 1 N–H and O–H groups in total. The molecule has 104 valence electrons. The van der Waals surface area contributed by atoms with Crippen molar-refractivity contribution in [1.82, 2.24) is 14.4 Å². The maximum absolute atomic E-state index is 8.61. The van der Waals surface area contributed by atoms with Crippen molar-refractivity contribution in [2.45, 2.75) is 0 Å². The number of imidazole rings is 1. The topological polar surface area (TPSA) is 102 Å². The first kappa shape index (κ1) is 13.3. The number of hydrazone groups is 1. The standard InChI is InChI=1S/C15H9N7/c16-8-13(9-17)21-20-12-4-2-11(3-5-12)14-10-22-7-1-6-18-15(22)19-14/h1-7,10,20H. The van der Waals surface area contributed by atoms with Crippen molar-refractivity contribution in [3.05, 3.63) is 48.9 Å². The van der Waals surface area contributed by atoms with Crippen molar-refractivity contribution in [1.29, 1.82) is 10.5 Å². The van der Waals surface area contributed by atoms with E-state index in [1.54, 1.807) is 30.5 Å². The van der Waals surface area contributed by atoms with Crippen LogP contribution in [0.5, 0.6) is 0 Å². The summed E-state index contributed by atoms with van der Waals surface area (Å²) in [6.45, 7) is 0. The van der Waals surface area contributed by atoms with Crippen LogP contribution in [-0.4, -0.2) is 20.1 Å². The summed E-state index contributed by atoms with van der Waals surface area (Å²) in [5.41, 5.74) is 4.85. The molecule has 0 saturated carbocycles. The second-order valence-electron chi connectivity index (χ2n) is 4.33. The molecule has 0 fully saturated rings. The van der Waals surface area contributed by atoms with Gasteiger partial charge in [-0.2, -0.15) is 15.6 Å². The van der Waals surface area contributed by atoms with Gasteiger partial charge in [0.1, 0.15) is 12.1 Å². The Morgan fingerprint density at radius 2 is 1.95 bits per heavy atom. The van der Waals surface area contributed by atoms with Crippen molar-refractivity contribution in [3.8, 4) is 23.4 Å². The van der Waals surface area contributed by atoms with Crippen molar-refractivity contribution >= 4 is 17.2 Å². The van der Waals surface area contributed by atoms with E-state index in [0.717, 1.165) is 11.3 Å². The Balaban J connectivity index is 1.84. The predicted molar refractivity (Wildman–Crippen MR) is 80.7 cm³/mol. The van der Waals surface area contributed by atoms with Crippen LogP contribution in [0.25, 0.3) is 17.0 Å². The van der Waals surface area contributed by atoms with E-state index in [1.165, 1.54) is 0 Å². The van der Waals surface area contributed by atoms with Gasteiger partial charge in [-0.3, -0.25) is 9.83 Å². The molecule has 0 saturated heterocycles. The zero-order valence-corrected chi connectivity index (χ0v) is 11.3. The first-order valence-electron chi connectivity index (χ1n) is 6.34. The molecule has 22 heavy (non-hydrogen) atoms. The molecule has 0 atom stereocenters. The number of benzene rings is 1. The van der Waals surface area contributed by atoms with Crippen LogP contribution in [0.3, 0.4) is 0 Å². The molecule has 0 unspecified atom stereocenters. The van der Waals surface area contributed by atoms with E-state index >= 15 is 0 Å². The largest absolute Gasteiger partial charge is 0.291 e. The van der Waals surface area contributed by atoms with Crippen LogP contribution >= 0.6 is 0 Å². The lowest BCUT2D eigenvalue weighted by atomic mass is 10.1. The summed E-state index contributed by atoms with van der Waals surface area (Å²) in [6.07, 6.45) is 5.47. The van der Waals surface area contributed by atoms with Gasteiger partial charge < -0.3 is 0 Å². The Kier molecular flexibility index (Phi) is 3.46. The molecule has 7 nitrogen and oxygen atoms in total. The Bertz CT molecular complexity index is 874. The molecule has 2 heterocycles. The minimum Gasteiger partial charge on any atom is -0.291 e. The third-order valence-corrected chi connectivity index (χ3v) is 2.92. The lowest BCUT2D eigenvalue weighted by Gasteiger charge is -2.01. The molecule has 0 bridgehead atoms. The first-order valence-corrected chi connectivity index (χ1v) is 6.34. The summed E-state index contributed by atoms with van der Waals surface area (Å²) in [6, 6.07) is 12.5. The van der Waals surface area contributed by atoms with Crippen molar-refractivity contribution in [2.24, 2.45) is 5.10 Å². The van der Waals surface area contributed by atoms with E-state index in [9.17, 15) is 0 Å². The van der Waals surface area contributed by atoms with E-state index < -0.39 is 0 Å². The molecule has 2 aromatic heterocycles. The van der Waals surface area contributed by atoms with Gasteiger partial charge in [-0.1, -0.05) is 12.1 Å². The molecular formula is C15H9N7. The summed E-state index contributed by atoms with van der Waals surface area (Å²) in [7, 11) is 0. The van der Waals surface area contributed by atoms with Crippen molar-refractivity contribution in [3.63, 3.8) is 0 Å². The van der Waals surface area contributed by atoms with Crippen LogP contribution in [0, 0.1) is 22.7 Å². The Labute approximate surface area is 125 Å². The zero-order chi connectivity index (χ0) is 15.4. The summed E-state index contributed by atoms with van der Waals surface area (Å²) < 4.78 is 1.85. The SMILES string of the molecule is N#CC(C#N)=NNc1ccc(-c2cn3cccnc3n2)cc1. The zero-order valence-electron chi connectivity index (χ0n) is 11.3. The van der Waals surface area contributed by atoms with Gasteiger partial charge in [-0.05, 0) is 18.2 Å². The highest BCUT2D eigenvalue weighted by molar-refractivity contribution is 6.10. The average molecular weight is 287 g/mol. The van der Waals surface area contributed by atoms with Crippen molar-refractivity contribution < 1.29 is 0 Å². The van der Waals surface area contributed by atoms with Gasteiger partial charge in [0.15, 0.2) is 0 Å². The van der Waals surface area contributed by atoms with Gasteiger partial charge in [-0.15, -0.1) is 0 Å². The average Bonchev–Trinajstić information content (AvgIpc) is 3.00. The van der Waals surface area contributed by atoms with E-state index in [1.807, 2.05) is 35.0 Å². The van der Waals surface area contributed by atoms with E-state index in [4.69, 9.17) is 10.5 Å². The van der Waals surface area contributed by atoms with Gasteiger partial charge in [0, 0.05) is 24.2 Å². The molecule has 7 heteroatoms. The van der Waals surface area contributed by atoms with Gasteiger partial charge in [0.2, 0.25) is 11.5 Å². The van der Waals surface area contributed by atoms with Gasteiger partial charge in [-0.25, -0.2) is 9.97 Å². The number of nitrogens with zero attached hydrogens (tertiary/aromatic N) is 6. The highest BCUT2D eigenvalue weighted by Crippen LogP contribution is 2.20. The van der Waals surface area contributed by atoms with Crippen LogP contribution in [0.1, 0.15) is 0 Å². The lowest BCUT2D eigenvalue weighted by molar-refractivity contribution is 1.11.